The van der Waals surface area contributed by atoms with Crippen molar-refractivity contribution in [3.05, 3.63) is 11.6 Å². The summed E-state index contributed by atoms with van der Waals surface area (Å²) in [6, 6.07) is 0. The van der Waals surface area contributed by atoms with Crippen molar-refractivity contribution in [1.29, 1.82) is 0 Å². The fourth-order valence-electron chi connectivity index (χ4n) is 3.11. The van der Waals surface area contributed by atoms with Gasteiger partial charge in [0.2, 0.25) is 5.91 Å². The van der Waals surface area contributed by atoms with Crippen LogP contribution in [0.5, 0.6) is 0 Å². The molecule has 1 N–H and O–H groups in total. The second kappa shape index (κ2) is 10.0. The number of carbonyl (C=O) groups is 1. The zero-order valence-corrected chi connectivity index (χ0v) is 13.7. The fourth-order valence-corrected chi connectivity index (χ4v) is 3.11. The molecule has 0 aromatic carbocycles. The molecule has 2 nitrogen and oxygen atoms in total. The largest absolute Gasteiger partial charge is 0.356 e. The van der Waals surface area contributed by atoms with E-state index in [0.29, 0.717) is 0 Å². The molecule has 0 unspecified atom stereocenters. The van der Waals surface area contributed by atoms with E-state index in [9.17, 15) is 4.79 Å². The highest BCUT2D eigenvalue weighted by atomic mass is 16.1. The third-order valence-electron chi connectivity index (χ3n) is 4.72. The van der Waals surface area contributed by atoms with E-state index in [1.54, 1.807) is 0 Å². The van der Waals surface area contributed by atoms with E-state index in [-0.39, 0.29) is 11.8 Å². The van der Waals surface area contributed by atoms with Crippen molar-refractivity contribution < 1.29 is 4.79 Å². The van der Waals surface area contributed by atoms with Gasteiger partial charge in [-0.15, -0.1) is 0 Å². The molecule has 116 valence electrons. The van der Waals surface area contributed by atoms with Crippen molar-refractivity contribution >= 4 is 5.91 Å². The number of nitrogens with one attached hydrogen (secondary N) is 1. The molecule has 0 saturated carbocycles. The van der Waals surface area contributed by atoms with Gasteiger partial charge in [-0.3, -0.25) is 4.79 Å². The molecule has 0 spiro atoms. The molecule has 0 bridgehead atoms. The van der Waals surface area contributed by atoms with E-state index in [1.165, 1.54) is 31.3 Å². The Labute approximate surface area is 125 Å². The minimum Gasteiger partial charge on any atom is -0.356 e. The van der Waals surface area contributed by atoms with Crippen LogP contribution in [0.3, 0.4) is 0 Å². The number of amides is 1. The summed E-state index contributed by atoms with van der Waals surface area (Å²) in [7, 11) is 0. The average molecular weight is 279 g/mol. The van der Waals surface area contributed by atoms with Gasteiger partial charge in [0.25, 0.3) is 0 Å². The molecule has 1 amide bonds. The topological polar surface area (TPSA) is 29.1 Å². The Hall–Kier alpha value is -0.790. The molecule has 1 aliphatic heterocycles. The molecular formula is C18H33NO. The number of allylic oxidation sites excluding steroid dienone is 2. The minimum atomic E-state index is 0.215. The maximum absolute atomic E-state index is 12.1. The van der Waals surface area contributed by atoms with Crippen LogP contribution in [0.1, 0.15) is 78.6 Å². The molecule has 0 fully saturated rings. The van der Waals surface area contributed by atoms with E-state index < -0.39 is 0 Å². The van der Waals surface area contributed by atoms with Crippen LogP contribution in [0.15, 0.2) is 11.6 Å². The van der Waals surface area contributed by atoms with Gasteiger partial charge in [-0.25, -0.2) is 0 Å². The SMILES string of the molecule is CC[C@H]1CC/C=C(/C)CCC[C@@H](CC)C(=O)NCCC1. The van der Waals surface area contributed by atoms with Gasteiger partial charge in [0.15, 0.2) is 0 Å². The highest BCUT2D eigenvalue weighted by Gasteiger charge is 2.16. The van der Waals surface area contributed by atoms with Crippen LogP contribution in [-0.2, 0) is 4.79 Å². The lowest BCUT2D eigenvalue weighted by molar-refractivity contribution is -0.125. The second-order valence-corrected chi connectivity index (χ2v) is 6.33. The van der Waals surface area contributed by atoms with E-state index in [1.807, 2.05) is 0 Å². The van der Waals surface area contributed by atoms with Gasteiger partial charge in [0, 0.05) is 12.5 Å². The Morgan fingerprint density at radius 2 is 1.95 bits per heavy atom. The Morgan fingerprint density at radius 3 is 2.65 bits per heavy atom. The first-order valence-electron chi connectivity index (χ1n) is 8.60. The highest BCUT2D eigenvalue weighted by Crippen LogP contribution is 2.21. The summed E-state index contributed by atoms with van der Waals surface area (Å²) in [5.41, 5.74) is 1.51. The number of rotatable bonds is 2. The zero-order valence-electron chi connectivity index (χ0n) is 13.7. The predicted octanol–water partition coefficient (Wildman–Crippen LogP) is 4.85. The minimum absolute atomic E-state index is 0.215. The third-order valence-corrected chi connectivity index (χ3v) is 4.72. The summed E-state index contributed by atoms with van der Waals surface area (Å²) in [5.74, 6) is 1.31. The zero-order chi connectivity index (χ0) is 14.8. The van der Waals surface area contributed by atoms with Crippen LogP contribution in [0.2, 0.25) is 0 Å². The first kappa shape index (κ1) is 17.3. The Bertz CT molecular complexity index is 309. The van der Waals surface area contributed by atoms with Crippen molar-refractivity contribution in [3.8, 4) is 0 Å². The molecule has 0 radical (unpaired) electrons. The third kappa shape index (κ3) is 6.58. The Kier molecular flexibility index (Phi) is 8.64. The van der Waals surface area contributed by atoms with Crippen molar-refractivity contribution in [2.75, 3.05) is 6.54 Å². The fraction of sp³-hybridized carbons (Fsp3) is 0.833. The molecule has 1 aliphatic rings. The highest BCUT2D eigenvalue weighted by molar-refractivity contribution is 5.78. The van der Waals surface area contributed by atoms with Crippen molar-refractivity contribution in [1.82, 2.24) is 5.32 Å². The van der Waals surface area contributed by atoms with Crippen LogP contribution in [-0.4, -0.2) is 12.5 Å². The Morgan fingerprint density at radius 1 is 1.15 bits per heavy atom. The molecule has 0 saturated heterocycles. The standard InChI is InChI=1S/C18H33NO/c1-4-16-11-6-9-15(3)10-7-13-17(5-2)18(20)19-14-8-12-16/h9,16-17H,4-8,10-14H2,1-3H3,(H,19,20)/b15-9-/t16-,17+/m0/s1. The van der Waals surface area contributed by atoms with Crippen LogP contribution in [0.4, 0.5) is 0 Å². The maximum Gasteiger partial charge on any atom is 0.223 e. The summed E-state index contributed by atoms with van der Waals surface area (Å²) in [6.07, 6.45) is 12.9. The lowest BCUT2D eigenvalue weighted by atomic mass is 9.92. The van der Waals surface area contributed by atoms with Crippen molar-refractivity contribution in [2.45, 2.75) is 78.6 Å². The molecule has 0 aliphatic carbocycles. The van der Waals surface area contributed by atoms with Crippen LogP contribution >= 0.6 is 0 Å². The first-order valence-corrected chi connectivity index (χ1v) is 8.60. The van der Waals surface area contributed by atoms with Crippen molar-refractivity contribution in [2.24, 2.45) is 11.8 Å². The molecular weight excluding hydrogens is 246 g/mol. The van der Waals surface area contributed by atoms with Gasteiger partial charge < -0.3 is 5.32 Å². The summed E-state index contributed by atoms with van der Waals surface area (Å²) in [5, 5.41) is 3.14. The molecule has 1 rings (SSSR count). The van der Waals surface area contributed by atoms with E-state index in [4.69, 9.17) is 0 Å². The molecule has 1 heterocycles. The van der Waals surface area contributed by atoms with E-state index >= 15 is 0 Å². The summed E-state index contributed by atoms with van der Waals surface area (Å²) in [6.45, 7) is 7.52. The normalized spacial score (nSPS) is 29.9. The van der Waals surface area contributed by atoms with Gasteiger partial charge in [0.05, 0.1) is 0 Å². The summed E-state index contributed by atoms with van der Waals surface area (Å²) < 4.78 is 0. The predicted molar refractivity (Wildman–Crippen MR) is 86.6 cm³/mol. The van der Waals surface area contributed by atoms with Crippen LogP contribution in [0, 0.1) is 11.8 Å². The Balaban J connectivity index is 2.58. The maximum atomic E-state index is 12.1. The quantitative estimate of drug-likeness (QED) is 0.720. The van der Waals surface area contributed by atoms with Gasteiger partial charge in [0.1, 0.15) is 0 Å². The van der Waals surface area contributed by atoms with Crippen LogP contribution in [0.25, 0.3) is 0 Å². The lowest BCUT2D eigenvalue weighted by Crippen LogP contribution is -2.31. The summed E-state index contributed by atoms with van der Waals surface area (Å²) >= 11 is 0. The number of hydrogen-bond acceptors (Lipinski definition) is 1. The summed E-state index contributed by atoms with van der Waals surface area (Å²) in [4.78, 5) is 12.1. The van der Waals surface area contributed by atoms with Crippen LogP contribution < -0.4 is 5.32 Å². The number of hydrogen-bond donors (Lipinski definition) is 1. The molecule has 0 aromatic heterocycles. The van der Waals surface area contributed by atoms with Gasteiger partial charge in [-0.1, -0.05) is 31.9 Å². The molecule has 20 heavy (non-hydrogen) atoms. The molecule has 2 atom stereocenters. The van der Waals surface area contributed by atoms with Gasteiger partial charge in [-0.05, 0) is 64.2 Å². The molecule has 0 aromatic rings. The van der Waals surface area contributed by atoms with Gasteiger partial charge >= 0.3 is 0 Å². The second-order valence-electron chi connectivity index (χ2n) is 6.33. The molecule has 2 heteroatoms. The monoisotopic (exact) mass is 279 g/mol. The number of carbonyl (C=O) groups excluding carboxylic acids is 1. The first-order chi connectivity index (χ1) is 9.67. The van der Waals surface area contributed by atoms with Gasteiger partial charge in [-0.2, -0.15) is 0 Å². The van der Waals surface area contributed by atoms with E-state index in [2.05, 4.69) is 32.2 Å². The average Bonchev–Trinajstić information content (AvgIpc) is 2.45. The smallest absolute Gasteiger partial charge is 0.223 e. The van der Waals surface area contributed by atoms with E-state index in [0.717, 1.165) is 44.6 Å². The van der Waals surface area contributed by atoms with Crippen molar-refractivity contribution in [3.63, 3.8) is 0 Å². The lowest BCUT2D eigenvalue weighted by Gasteiger charge is -2.18.